The standard InChI is InChI=1S/C14H15BrN2O2S/c1-9-6-7-11(15)8-14(9)20(18,19)17-13-5-3-4-12(16)10(13)2/h3-8,17H,16H2,1-2H3. The molecule has 0 atom stereocenters. The average Bonchev–Trinajstić information content (AvgIpc) is 2.37. The van der Waals surface area contributed by atoms with Crippen molar-refractivity contribution in [3.05, 3.63) is 52.0 Å². The van der Waals surface area contributed by atoms with Gasteiger partial charge in [-0.3, -0.25) is 4.72 Å². The van der Waals surface area contributed by atoms with Crippen molar-refractivity contribution in [1.29, 1.82) is 0 Å². The number of anilines is 2. The van der Waals surface area contributed by atoms with Crippen molar-refractivity contribution in [2.24, 2.45) is 0 Å². The molecule has 0 bridgehead atoms. The van der Waals surface area contributed by atoms with Crippen LogP contribution in [0.2, 0.25) is 0 Å². The number of hydrogen-bond donors (Lipinski definition) is 2. The smallest absolute Gasteiger partial charge is 0.262 e. The van der Waals surface area contributed by atoms with Crippen molar-refractivity contribution >= 4 is 37.3 Å². The van der Waals surface area contributed by atoms with Gasteiger partial charge in [0.25, 0.3) is 10.0 Å². The van der Waals surface area contributed by atoms with Gasteiger partial charge >= 0.3 is 0 Å². The number of nitrogens with one attached hydrogen (secondary N) is 1. The van der Waals surface area contributed by atoms with Gasteiger partial charge in [0.15, 0.2) is 0 Å². The quantitative estimate of drug-likeness (QED) is 0.829. The van der Waals surface area contributed by atoms with Crippen LogP contribution in [-0.4, -0.2) is 8.42 Å². The Morgan fingerprint density at radius 2 is 1.85 bits per heavy atom. The lowest BCUT2D eigenvalue weighted by molar-refractivity contribution is 0.600. The first kappa shape index (κ1) is 14.9. The second kappa shape index (κ2) is 5.46. The predicted octanol–water partition coefficient (Wildman–Crippen LogP) is 3.45. The number of hydrogen-bond acceptors (Lipinski definition) is 3. The molecule has 0 saturated heterocycles. The maximum absolute atomic E-state index is 12.5. The van der Waals surface area contributed by atoms with Crippen LogP contribution < -0.4 is 10.5 Å². The zero-order valence-electron chi connectivity index (χ0n) is 11.1. The molecule has 6 heteroatoms. The number of sulfonamides is 1. The van der Waals surface area contributed by atoms with E-state index in [9.17, 15) is 8.42 Å². The molecule has 0 saturated carbocycles. The predicted molar refractivity (Wildman–Crippen MR) is 85.3 cm³/mol. The first-order chi connectivity index (χ1) is 9.31. The van der Waals surface area contributed by atoms with Gasteiger partial charge in [0.05, 0.1) is 10.6 Å². The minimum absolute atomic E-state index is 0.244. The van der Waals surface area contributed by atoms with Gasteiger partial charge in [-0.05, 0) is 49.2 Å². The van der Waals surface area contributed by atoms with Crippen LogP contribution in [0.1, 0.15) is 11.1 Å². The van der Waals surface area contributed by atoms with E-state index in [1.807, 2.05) is 0 Å². The molecule has 2 aromatic carbocycles. The molecule has 0 unspecified atom stereocenters. The topological polar surface area (TPSA) is 72.2 Å². The van der Waals surface area contributed by atoms with Crippen molar-refractivity contribution in [1.82, 2.24) is 0 Å². The van der Waals surface area contributed by atoms with Gasteiger partial charge in [-0.25, -0.2) is 8.42 Å². The number of benzene rings is 2. The van der Waals surface area contributed by atoms with Gasteiger partial charge < -0.3 is 5.73 Å². The van der Waals surface area contributed by atoms with Crippen LogP contribution in [0.4, 0.5) is 11.4 Å². The van der Waals surface area contributed by atoms with Crippen LogP contribution in [-0.2, 0) is 10.0 Å². The third-order valence-electron chi connectivity index (χ3n) is 3.06. The molecule has 0 amide bonds. The highest BCUT2D eigenvalue weighted by Gasteiger charge is 2.18. The van der Waals surface area contributed by atoms with E-state index in [1.165, 1.54) is 0 Å². The van der Waals surface area contributed by atoms with E-state index in [0.717, 1.165) is 0 Å². The van der Waals surface area contributed by atoms with E-state index < -0.39 is 10.0 Å². The van der Waals surface area contributed by atoms with Crippen LogP contribution >= 0.6 is 15.9 Å². The fraction of sp³-hybridized carbons (Fsp3) is 0.143. The summed E-state index contributed by atoms with van der Waals surface area (Å²) in [5, 5.41) is 0. The number of rotatable bonds is 3. The van der Waals surface area contributed by atoms with Gasteiger partial charge in [-0.1, -0.05) is 28.1 Å². The highest BCUT2D eigenvalue weighted by atomic mass is 79.9. The minimum Gasteiger partial charge on any atom is -0.398 e. The van der Waals surface area contributed by atoms with E-state index >= 15 is 0 Å². The van der Waals surface area contributed by atoms with Crippen LogP contribution in [0.25, 0.3) is 0 Å². The molecule has 0 heterocycles. The minimum atomic E-state index is -3.64. The Labute approximate surface area is 127 Å². The molecule has 106 valence electrons. The van der Waals surface area contributed by atoms with E-state index in [0.29, 0.717) is 27.0 Å². The molecule has 0 radical (unpaired) electrons. The van der Waals surface area contributed by atoms with Crippen LogP contribution in [0.3, 0.4) is 0 Å². The zero-order chi connectivity index (χ0) is 14.9. The van der Waals surface area contributed by atoms with Crippen molar-refractivity contribution < 1.29 is 8.42 Å². The largest absolute Gasteiger partial charge is 0.398 e. The highest BCUT2D eigenvalue weighted by molar-refractivity contribution is 9.10. The van der Waals surface area contributed by atoms with Gasteiger partial charge in [0.1, 0.15) is 0 Å². The number of aryl methyl sites for hydroxylation is 1. The second-order valence-electron chi connectivity index (χ2n) is 4.54. The summed E-state index contributed by atoms with van der Waals surface area (Å²) in [4.78, 5) is 0.244. The summed E-state index contributed by atoms with van der Waals surface area (Å²) in [5.41, 5.74) is 8.23. The third kappa shape index (κ3) is 2.96. The number of halogens is 1. The summed E-state index contributed by atoms with van der Waals surface area (Å²) in [7, 11) is -3.64. The Kier molecular flexibility index (Phi) is 4.06. The third-order valence-corrected chi connectivity index (χ3v) is 5.06. The van der Waals surface area contributed by atoms with E-state index in [1.54, 1.807) is 50.2 Å². The summed E-state index contributed by atoms with van der Waals surface area (Å²) in [6.07, 6.45) is 0. The van der Waals surface area contributed by atoms with Gasteiger partial charge in [-0.2, -0.15) is 0 Å². The van der Waals surface area contributed by atoms with Gasteiger partial charge in [0, 0.05) is 10.2 Å². The summed E-state index contributed by atoms with van der Waals surface area (Å²) in [6.45, 7) is 3.54. The lowest BCUT2D eigenvalue weighted by Gasteiger charge is -2.13. The molecule has 3 N–H and O–H groups in total. The maximum Gasteiger partial charge on any atom is 0.262 e. The summed E-state index contributed by atoms with van der Waals surface area (Å²) < 4.78 is 28.2. The molecule has 0 aromatic heterocycles. The lowest BCUT2D eigenvalue weighted by Crippen LogP contribution is -2.15. The molecule has 20 heavy (non-hydrogen) atoms. The first-order valence-electron chi connectivity index (χ1n) is 5.95. The lowest BCUT2D eigenvalue weighted by atomic mass is 10.2. The maximum atomic E-state index is 12.5. The van der Waals surface area contributed by atoms with E-state index in [4.69, 9.17) is 5.73 Å². The highest BCUT2D eigenvalue weighted by Crippen LogP contribution is 2.26. The fourth-order valence-electron chi connectivity index (χ4n) is 1.83. The van der Waals surface area contributed by atoms with Gasteiger partial charge in [0.2, 0.25) is 0 Å². The molecule has 0 fully saturated rings. The Hall–Kier alpha value is -1.53. The van der Waals surface area contributed by atoms with Crippen molar-refractivity contribution in [2.75, 3.05) is 10.5 Å². The fourth-order valence-corrected chi connectivity index (χ4v) is 3.73. The molecule has 2 rings (SSSR count). The summed E-state index contributed by atoms with van der Waals surface area (Å²) >= 11 is 3.29. The monoisotopic (exact) mass is 354 g/mol. The molecular weight excluding hydrogens is 340 g/mol. The zero-order valence-corrected chi connectivity index (χ0v) is 13.5. The Morgan fingerprint density at radius 3 is 2.55 bits per heavy atom. The second-order valence-corrected chi connectivity index (χ2v) is 7.10. The number of nitrogens with two attached hydrogens (primary N) is 1. The molecule has 0 aliphatic rings. The molecule has 0 aliphatic carbocycles. The van der Waals surface area contributed by atoms with Crippen molar-refractivity contribution in [3.8, 4) is 0 Å². The summed E-state index contributed by atoms with van der Waals surface area (Å²) in [5.74, 6) is 0. The van der Waals surface area contributed by atoms with Crippen LogP contribution in [0, 0.1) is 13.8 Å². The molecule has 0 spiro atoms. The van der Waals surface area contributed by atoms with Crippen LogP contribution in [0.5, 0.6) is 0 Å². The molecule has 4 nitrogen and oxygen atoms in total. The average molecular weight is 355 g/mol. The molecule has 0 aliphatic heterocycles. The SMILES string of the molecule is Cc1ccc(Br)cc1S(=O)(=O)Nc1cccc(N)c1C. The number of nitrogen functional groups attached to an aromatic ring is 1. The normalized spacial score (nSPS) is 11.3. The van der Waals surface area contributed by atoms with Crippen molar-refractivity contribution in [2.45, 2.75) is 18.7 Å². The Balaban J connectivity index is 2.46. The first-order valence-corrected chi connectivity index (χ1v) is 8.23. The Bertz CT molecular complexity index is 758. The van der Waals surface area contributed by atoms with Gasteiger partial charge in [-0.15, -0.1) is 0 Å². The van der Waals surface area contributed by atoms with Crippen molar-refractivity contribution in [3.63, 3.8) is 0 Å². The molecular formula is C14H15BrN2O2S. The van der Waals surface area contributed by atoms with E-state index in [-0.39, 0.29) is 4.90 Å². The Morgan fingerprint density at radius 1 is 1.15 bits per heavy atom. The van der Waals surface area contributed by atoms with Crippen LogP contribution in [0.15, 0.2) is 45.8 Å². The molecule has 2 aromatic rings. The van der Waals surface area contributed by atoms with E-state index in [2.05, 4.69) is 20.7 Å². The summed E-state index contributed by atoms with van der Waals surface area (Å²) in [6, 6.07) is 10.3.